The van der Waals surface area contributed by atoms with Gasteiger partial charge in [0, 0.05) is 30.8 Å². The number of fused-ring (bicyclic) bond motifs is 1. The largest absolute Gasteiger partial charge is 0.380 e. The number of hydrogen-bond acceptors (Lipinski definition) is 2. The lowest BCUT2D eigenvalue weighted by molar-refractivity contribution is 0.185. The zero-order valence-corrected chi connectivity index (χ0v) is 16.5. The molecule has 3 aromatic rings. The van der Waals surface area contributed by atoms with Gasteiger partial charge in [-0.25, -0.2) is 0 Å². The van der Waals surface area contributed by atoms with Gasteiger partial charge < -0.3 is 14.2 Å². The van der Waals surface area contributed by atoms with E-state index in [1.54, 1.807) is 7.11 Å². The summed E-state index contributed by atoms with van der Waals surface area (Å²) in [6.07, 6.45) is 6.00. The van der Waals surface area contributed by atoms with Crippen LogP contribution in [0.15, 0.2) is 54.7 Å². The van der Waals surface area contributed by atoms with Gasteiger partial charge in [-0.3, -0.25) is 0 Å². The Labute approximate surface area is 162 Å². The van der Waals surface area contributed by atoms with Crippen LogP contribution in [0.4, 0.5) is 0 Å². The molecule has 1 aromatic heterocycles. The maximum Gasteiger partial charge on any atom is 0.0713 e. The Bertz CT molecular complexity index is 876. The summed E-state index contributed by atoms with van der Waals surface area (Å²) in [7, 11) is 4.00. The van der Waals surface area contributed by atoms with E-state index in [9.17, 15) is 0 Å². The molecule has 1 aliphatic heterocycles. The Balaban J connectivity index is 1.66. The van der Waals surface area contributed by atoms with Crippen molar-refractivity contribution in [2.45, 2.75) is 38.3 Å². The number of aryl methyl sites for hydroxylation is 2. The van der Waals surface area contributed by atoms with Crippen molar-refractivity contribution in [2.75, 3.05) is 27.2 Å². The van der Waals surface area contributed by atoms with Crippen molar-refractivity contribution in [2.24, 2.45) is 0 Å². The predicted molar refractivity (Wildman–Crippen MR) is 112 cm³/mol. The lowest BCUT2D eigenvalue weighted by Crippen LogP contribution is -2.29. The normalized spacial score (nSPS) is 16.2. The molecule has 0 bridgehead atoms. The molecular formula is C24H30N2O. The molecule has 0 unspecified atom stereocenters. The van der Waals surface area contributed by atoms with E-state index in [1.165, 1.54) is 53.5 Å². The number of benzene rings is 2. The first-order chi connectivity index (χ1) is 13.2. The Morgan fingerprint density at radius 3 is 2.52 bits per heavy atom. The highest BCUT2D eigenvalue weighted by Gasteiger charge is 2.22. The SMILES string of the molecule is COCc1ccc2c(c1)c(C1CCN(C)CC1)cn2CCc1ccccc1. The van der Waals surface area contributed by atoms with Crippen molar-refractivity contribution in [1.29, 1.82) is 0 Å². The van der Waals surface area contributed by atoms with Gasteiger partial charge in [0.05, 0.1) is 6.61 Å². The van der Waals surface area contributed by atoms with Crippen LogP contribution < -0.4 is 0 Å². The van der Waals surface area contributed by atoms with Crippen molar-refractivity contribution >= 4 is 10.9 Å². The molecule has 0 atom stereocenters. The minimum Gasteiger partial charge on any atom is -0.380 e. The number of piperidine rings is 1. The van der Waals surface area contributed by atoms with E-state index in [4.69, 9.17) is 4.74 Å². The average Bonchev–Trinajstić information content (AvgIpc) is 3.06. The van der Waals surface area contributed by atoms with Gasteiger partial charge in [0.15, 0.2) is 0 Å². The van der Waals surface area contributed by atoms with E-state index in [2.05, 4.69) is 71.2 Å². The first kappa shape index (κ1) is 18.3. The van der Waals surface area contributed by atoms with Crippen molar-refractivity contribution < 1.29 is 4.74 Å². The maximum atomic E-state index is 5.37. The Hall–Kier alpha value is -2.10. The molecule has 142 valence electrons. The number of rotatable bonds is 6. The van der Waals surface area contributed by atoms with Gasteiger partial charge >= 0.3 is 0 Å². The average molecular weight is 363 g/mol. The summed E-state index contributed by atoms with van der Waals surface area (Å²) < 4.78 is 7.84. The van der Waals surface area contributed by atoms with Crippen LogP contribution in [0.25, 0.3) is 10.9 Å². The van der Waals surface area contributed by atoms with Gasteiger partial charge in [0.25, 0.3) is 0 Å². The van der Waals surface area contributed by atoms with Gasteiger partial charge in [0.2, 0.25) is 0 Å². The molecule has 0 amide bonds. The van der Waals surface area contributed by atoms with Crippen molar-refractivity contribution in [3.05, 3.63) is 71.4 Å². The molecule has 3 nitrogen and oxygen atoms in total. The number of methoxy groups -OCH3 is 1. The Morgan fingerprint density at radius 1 is 1.00 bits per heavy atom. The molecule has 4 rings (SSSR count). The Kier molecular flexibility index (Phi) is 5.61. The fourth-order valence-corrected chi connectivity index (χ4v) is 4.35. The third-order valence-corrected chi connectivity index (χ3v) is 5.93. The molecule has 0 radical (unpaired) electrons. The van der Waals surface area contributed by atoms with E-state index in [0.717, 1.165) is 13.0 Å². The quantitative estimate of drug-likeness (QED) is 0.624. The summed E-state index contributed by atoms with van der Waals surface area (Å²) in [5.74, 6) is 0.666. The lowest BCUT2D eigenvalue weighted by atomic mass is 9.89. The third-order valence-electron chi connectivity index (χ3n) is 5.93. The lowest BCUT2D eigenvalue weighted by Gasteiger charge is -2.28. The zero-order valence-electron chi connectivity index (χ0n) is 16.5. The number of hydrogen-bond donors (Lipinski definition) is 0. The number of aromatic nitrogens is 1. The second kappa shape index (κ2) is 8.28. The highest BCUT2D eigenvalue weighted by Crippen LogP contribution is 2.35. The monoisotopic (exact) mass is 362 g/mol. The van der Waals surface area contributed by atoms with E-state index < -0.39 is 0 Å². The van der Waals surface area contributed by atoms with Gasteiger partial charge in [-0.1, -0.05) is 36.4 Å². The fraction of sp³-hybridized carbons (Fsp3) is 0.417. The molecular weight excluding hydrogens is 332 g/mol. The van der Waals surface area contributed by atoms with Crippen LogP contribution >= 0.6 is 0 Å². The van der Waals surface area contributed by atoms with Crippen LogP contribution in [0.1, 0.15) is 35.4 Å². The fourth-order valence-electron chi connectivity index (χ4n) is 4.35. The Morgan fingerprint density at radius 2 is 1.78 bits per heavy atom. The highest BCUT2D eigenvalue weighted by atomic mass is 16.5. The predicted octanol–water partition coefficient (Wildman–Crippen LogP) is 4.84. The van der Waals surface area contributed by atoms with Crippen molar-refractivity contribution in [3.8, 4) is 0 Å². The summed E-state index contributed by atoms with van der Waals surface area (Å²) in [6.45, 7) is 4.09. The van der Waals surface area contributed by atoms with Gasteiger partial charge in [-0.15, -0.1) is 0 Å². The zero-order chi connectivity index (χ0) is 18.6. The third kappa shape index (κ3) is 4.10. The van der Waals surface area contributed by atoms with E-state index in [-0.39, 0.29) is 0 Å². The standard InChI is InChI=1S/C24H30N2O/c1-25-13-11-21(12-14-25)23-17-26(15-10-19-6-4-3-5-7-19)24-9-8-20(18-27-2)16-22(23)24/h3-9,16-17,21H,10-15,18H2,1-2H3. The molecule has 3 heteroatoms. The van der Waals surface area contributed by atoms with Gasteiger partial charge in [0.1, 0.15) is 0 Å². The van der Waals surface area contributed by atoms with Gasteiger partial charge in [-0.2, -0.15) is 0 Å². The minimum absolute atomic E-state index is 0.666. The molecule has 0 aliphatic carbocycles. The summed E-state index contributed by atoms with van der Waals surface area (Å²) in [6, 6.07) is 17.6. The summed E-state index contributed by atoms with van der Waals surface area (Å²) in [4.78, 5) is 2.45. The van der Waals surface area contributed by atoms with E-state index in [1.807, 2.05) is 0 Å². The van der Waals surface area contributed by atoms with Crippen molar-refractivity contribution in [1.82, 2.24) is 9.47 Å². The second-order valence-corrected chi connectivity index (χ2v) is 7.88. The molecule has 27 heavy (non-hydrogen) atoms. The van der Waals surface area contributed by atoms with E-state index in [0.29, 0.717) is 12.5 Å². The summed E-state index contributed by atoms with van der Waals surface area (Å²) in [5.41, 5.74) is 5.56. The molecule has 1 fully saturated rings. The molecule has 1 aliphatic rings. The molecule has 0 saturated carbocycles. The number of ether oxygens (including phenoxy) is 1. The molecule has 0 N–H and O–H groups in total. The van der Waals surface area contributed by atoms with Gasteiger partial charge in [-0.05, 0) is 74.1 Å². The molecule has 0 spiro atoms. The molecule has 2 heterocycles. The topological polar surface area (TPSA) is 17.4 Å². The minimum atomic E-state index is 0.666. The van der Waals surface area contributed by atoms with Crippen LogP contribution in [0.5, 0.6) is 0 Å². The number of nitrogens with zero attached hydrogens (tertiary/aromatic N) is 2. The van der Waals surface area contributed by atoms with Crippen LogP contribution in [0, 0.1) is 0 Å². The van der Waals surface area contributed by atoms with Crippen LogP contribution in [0.2, 0.25) is 0 Å². The van der Waals surface area contributed by atoms with Crippen LogP contribution in [-0.2, 0) is 24.3 Å². The molecule has 1 saturated heterocycles. The van der Waals surface area contributed by atoms with Crippen molar-refractivity contribution in [3.63, 3.8) is 0 Å². The van der Waals surface area contributed by atoms with Crippen LogP contribution in [0.3, 0.4) is 0 Å². The van der Waals surface area contributed by atoms with Crippen LogP contribution in [-0.4, -0.2) is 36.7 Å². The molecule has 2 aromatic carbocycles. The van der Waals surface area contributed by atoms with E-state index >= 15 is 0 Å². The highest BCUT2D eigenvalue weighted by molar-refractivity contribution is 5.85. The second-order valence-electron chi connectivity index (χ2n) is 7.88. The first-order valence-electron chi connectivity index (χ1n) is 10.1. The summed E-state index contributed by atoms with van der Waals surface area (Å²) >= 11 is 0. The number of likely N-dealkylation sites (tertiary alicyclic amines) is 1. The summed E-state index contributed by atoms with van der Waals surface area (Å²) in [5, 5.41) is 1.42. The smallest absolute Gasteiger partial charge is 0.0713 e. The first-order valence-corrected chi connectivity index (χ1v) is 10.1. The maximum absolute atomic E-state index is 5.37.